The van der Waals surface area contributed by atoms with Crippen molar-refractivity contribution in [2.45, 2.75) is 6.54 Å². The predicted molar refractivity (Wildman–Crippen MR) is 107 cm³/mol. The number of carbonyl (C=O) groups is 1. The zero-order chi connectivity index (χ0) is 20.5. The van der Waals surface area contributed by atoms with Gasteiger partial charge in [0.05, 0.1) is 36.6 Å². The van der Waals surface area contributed by atoms with E-state index in [0.717, 1.165) is 5.56 Å². The maximum absolute atomic E-state index is 13.9. The van der Waals surface area contributed by atoms with Gasteiger partial charge < -0.3 is 9.84 Å². The molecular formula is C21H15ClFN3O3. The van der Waals surface area contributed by atoms with E-state index in [0.29, 0.717) is 33.7 Å². The summed E-state index contributed by atoms with van der Waals surface area (Å²) in [6.45, 7) is 0.329. The second-order valence-electron chi connectivity index (χ2n) is 6.40. The largest absolute Gasteiger partial charge is 0.494 e. The lowest BCUT2D eigenvalue weighted by molar-refractivity contribution is 0.0698. The maximum atomic E-state index is 13.9. The highest BCUT2D eigenvalue weighted by Crippen LogP contribution is 2.26. The number of aromatic nitrogens is 3. The Balaban J connectivity index is 1.64. The summed E-state index contributed by atoms with van der Waals surface area (Å²) < 4.78 is 20.4. The highest BCUT2D eigenvalue weighted by Gasteiger charge is 2.15. The molecule has 0 saturated heterocycles. The molecule has 1 N–H and O–H groups in total. The zero-order valence-corrected chi connectivity index (χ0v) is 16.0. The van der Waals surface area contributed by atoms with Gasteiger partial charge in [-0.3, -0.25) is 9.67 Å². The summed E-state index contributed by atoms with van der Waals surface area (Å²) in [5, 5.41) is 14.8. The lowest BCUT2D eigenvalue weighted by Crippen LogP contribution is -2.06. The molecule has 0 aliphatic heterocycles. The smallest absolute Gasteiger partial charge is 0.337 e. The lowest BCUT2D eigenvalue weighted by atomic mass is 10.1. The second kappa shape index (κ2) is 7.52. The molecule has 146 valence electrons. The first-order valence-electron chi connectivity index (χ1n) is 8.63. The van der Waals surface area contributed by atoms with Crippen LogP contribution in [0.4, 0.5) is 4.39 Å². The van der Waals surface area contributed by atoms with E-state index >= 15 is 0 Å². The molecule has 2 heterocycles. The van der Waals surface area contributed by atoms with E-state index in [1.54, 1.807) is 41.3 Å². The average molecular weight is 412 g/mol. The summed E-state index contributed by atoms with van der Waals surface area (Å²) in [4.78, 5) is 16.0. The number of hydrogen-bond donors (Lipinski definition) is 1. The van der Waals surface area contributed by atoms with Crippen LogP contribution in [-0.4, -0.2) is 33.0 Å². The SMILES string of the molecule is COc1ccc(-c2ccc(Cn3ncc4cc(Cl)cc(C(=O)O)c43)cn2)cc1F. The number of ether oxygens (including phenoxy) is 1. The molecule has 0 aliphatic carbocycles. The number of hydrogen-bond acceptors (Lipinski definition) is 4. The minimum absolute atomic E-state index is 0.0864. The van der Waals surface area contributed by atoms with Crippen LogP contribution >= 0.6 is 11.6 Å². The Labute approximate surface area is 170 Å². The zero-order valence-electron chi connectivity index (χ0n) is 15.3. The molecule has 0 aliphatic rings. The molecule has 0 spiro atoms. The van der Waals surface area contributed by atoms with Gasteiger partial charge in [0.2, 0.25) is 0 Å². The molecule has 29 heavy (non-hydrogen) atoms. The van der Waals surface area contributed by atoms with Crippen LogP contribution in [0, 0.1) is 5.82 Å². The van der Waals surface area contributed by atoms with Crippen LogP contribution in [-0.2, 0) is 6.54 Å². The highest BCUT2D eigenvalue weighted by atomic mass is 35.5. The maximum Gasteiger partial charge on any atom is 0.337 e. The monoisotopic (exact) mass is 411 g/mol. The molecule has 8 heteroatoms. The van der Waals surface area contributed by atoms with E-state index in [1.807, 2.05) is 6.07 Å². The summed E-state index contributed by atoms with van der Waals surface area (Å²) in [6, 6.07) is 11.3. The van der Waals surface area contributed by atoms with Crippen LogP contribution in [0.3, 0.4) is 0 Å². The highest BCUT2D eigenvalue weighted by molar-refractivity contribution is 6.32. The van der Waals surface area contributed by atoms with Crippen molar-refractivity contribution in [3.8, 4) is 17.0 Å². The van der Waals surface area contributed by atoms with E-state index in [-0.39, 0.29) is 11.3 Å². The van der Waals surface area contributed by atoms with E-state index in [2.05, 4.69) is 10.1 Å². The molecule has 4 aromatic rings. The number of methoxy groups -OCH3 is 1. The number of aromatic carboxylic acids is 1. The van der Waals surface area contributed by atoms with Gasteiger partial charge in [-0.05, 0) is 42.0 Å². The molecule has 2 aromatic heterocycles. The number of carboxylic acids is 1. The molecule has 0 unspecified atom stereocenters. The number of halogens is 2. The summed E-state index contributed by atoms with van der Waals surface area (Å²) >= 11 is 6.00. The number of fused-ring (bicyclic) bond motifs is 1. The Hall–Kier alpha value is -3.45. The summed E-state index contributed by atoms with van der Waals surface area (Å²) in [5.74, 6) is -1.36. The molecule has 0 amide bonds. The van der Waals surface area contributed by atoms with E-state index < -0.39 is 11.8 Å². The number of benzene rings is 2. The molecule has 2 aromatic carbocycles. The summed E-state index contributed by atoms with van der Waals surface area (Å²) in [5.41, 5.74) is 2.63. The second-order valence-corrected chi connectivity index (χ2v) is 6.84. The van der Waals surface area contributed by atoms with Crippen molar-refractivity contribution < 1.29 is 19.0 Å². The van der Waals surface area contributed by atoms with Crippen LogP contribution in [0.25, 0.3) is 22.2 Å². The molecule has 0 atom stereocenters. The molecule has 0 fully saturated rings. The number of pyridine rings is 1. The van der Waals surface area contributed by atoms with Crippen LogP contribution in [0.15, 0.2) is 54.9 Å². The molecular weight excluding hydrogens is 397 g/mol. The third-order valence-corrected chi connectivity index (χ3v) is 4.75. The number of rotatable bonds is 5. The van der Waals surface area contributed by atoms with Gasteiger partial charge in [0.15, 0.2) is 11.6 Å². The van der Waals surface area contributed by atoms with Gasteiger partial charge in [0, 0.05) is 22.2 Å². The van der Waals surface area contributed by atoms with Gasteiger partial charge in [0.25, 0.3) is 0 Å². The van der Waals surface area contributed by atoms with Crippen LogP contribution < -0.4 is 4.74 Å². The first-order valence-corrected chi connectivity index (χ1v) is 9.01. The molecule has 0 bridgehead atoms. The van der Waals surface area contributed by atoms with Crippen LogP contribution in [0.2, 0.25) is 5.02 Å². The molecule has 0 radical (unpaired) electrons. The van der Waals surface area contributed by atoms with Gasteiger partial charge >= 0.3 is 5.97 Å². The first-order chi connectivity index (χ1) is 14.0. The van der Waals surface area contributed by atoms with Crippen LogP contribution in [0.5, 0.6) is 5.75 Å². The fourth-order valence-corrected chi connectivity index (χ4v) is 3.39. The minimum atomic E-state index is -1.07. The van der Waals surface area contributed by atoms with Gasteiger partial charge in [-0.1, -0.05) is 17.7 Å². The van der Waals surface area contributed by atoms with E-state index in [4.69, 9.17) is 16.3 Å². The lowest BCUT2D eigenvalue weighted by Gasteiger charge is -2.08. The molecule has 4 rings (SSSR count). The fraction of sp³-hybridized carbons (Fsp3) is 0.0952. The molecule has 6 nitrogen and oxygen atoms in total. The van der Waals surface area contributed by atoms with Crippen molar-refractivity contribution >= 4 is 28.5 Å². The van der Waals surface area contributed by atoms with Crippen molar-refractivity contribution in [2.24, 2.45) is 0 Å². The third kappa shape index (κ3) is 3.64. The molecule has 0 saturated carbocycles. The van der Waals surface area contributed by atoms with Crippen molar-refractivity contribution in [3.63, 3.8) is 0 Å². The Morgan fingerprint density at radius 1 is 1.21 bits per heavy atom. The van der Waals surface area contributed by atoms with Gasteiger partial charge in [-0.25, -0.2) is 9.18 Å². The fourth-order valence-electron chi connectivity index (χ4n) is 3.17. The van der Waals surface area contributed by atoms with Crippen molar-refractivity contribution in [1.82, 2.24) is 14.8 Å². The summed E-state index contributed by atoms with van der Waals surface area (Å²) in [6.07, 6.45) is 3.23. The van der Waals surface area contributed by atoms with Gasteiger partial charge in [-0.2, -0.15) is 5.10 Å². The van der Waals surface area contributed by atoms with Crippen molar-refractivity contribution in [2.75, 3.05) is 7.11 Å². The average Bonchev–Trinajstić information content (AvgIpc) is 3.10. The van der Waals surface area contributed by atoms with Crippen LogP contribution in [0.1, 0.15) is 15.9 Å². The Kier molecular flexibility index (Phi) is 4.90. The Morgan fingerprint density at radius 2 is 2.03 bits per heavy atom. The first kappa shape index (κ1) is 18.9. The summed E-state index contributed by atoms with van der Waals surface area (Å²) in [7, 11) is 1.41. The predicted octanol–water partition coefficient (Wildman–Crippen LogP) is 4.65. The Bertz CT molecular complexity index is 1220. The quantitative estimate of drug-likeness (QED) is 0.517. The minimum Gasteiger partial charge on any atom is -0.494 e. The number of carboxylic acid groups (broad SMARTS) is 1. The van der Waals surface area contributed by atoms with Gasteiger partial charge in [-0.15, -0.1) is 0 Å². The van der Waals surface area contributed by atoms with Gasteiger partial charge in [0.1, 0.15) is 0 Å². The van der Waals surface area contributed by atoms with Crippen molar-refractivity contribution in [3.05, 3.63) is 76.8 Å². The Morgan fingerprint density at radius 3 is 2.69 bits per heavy atom. The third-order valence-electron chi connectivity index (χ3n) is 4.53. The van der Waals surface area contributed by atoms with E-state index in [9.17, 15) is 14.3 Å². The number of nitrogens with zero attached hydrogens (tertiary/aromatic N) is 3. The standard InChI is InChI=1S/C21H15ClFN3O3/c1-29-19-5-3-13(7-17(19)23)18-4-2-12(9-24-18)11-26-20-14(10-25-26)6-15(22)8-16(20)21(27)28/h2-10H,11H2,1H3,(H,27,28). The van der Waals surface area contributed by atoms with E-state index in [1.165, 1.54) is 19.2 Å². The normalized spacial score (nSPS) is 11.0. The topological polar surface area (TPSA) is 77.2 Å². The van der Waals surface area contributed by atoms with Crippen molar-refractivity contribution in [1.29, 1.82) is 0 Å².